The van der Waals surface area contributed by atoms with Crippen LogP contribution < -0.4 is 10.6 Å². The van der Waals surface area contributed by atoms with Crippen LogP contribution in [0, 0.1) is 10.1 Å². The molecule has 0 unspecified atom stereocenters. The predicted molar refractivity (Wildman–Crippen MR) is 69.0 cm³/mol. The number of rotatable bonds is 1. The van der Waals surface area contributed by atoms with E-state index in [1.54, 1.807) is 12.1 Å². The van der Waals surface area contributed by atoms with Gasteiger partial charge in [-0.1, -0.05) is 0 Å². The van der Waals surface area contributed by atoms with Crippen molar-refractivity contribution in [3.63, 3.8) is 0 Å². The third kappa shape index (κ3) is 3.41. The SMILES string of the molecule is C1COCCN1.O=[N+]([O-])c1ccc2c(c1)CCN2. The fourth-order valence-corrected chi connectivity index (χ4v) is 1.92. The minimum absolute atomic E-state index is 0.178. The molecule has 0 amide bonds. The molecule has 2 heterocycles. The third-order valence-corrected chi connectivity index (χ3v) is 2.86. The van der Waals surface area contributed by atoms with Gasteiger partial charge in [-0.25, -0.2) is 0 Å². The quantitative estimate of drug-likeness (QED) is 0.578. The molecule has 0 spiro atoms. The van der Waals surface area contributed by atoms with Gasteiger partial charge in [-0.2, -0.15) is 0 Å². The Labute approximate surface area is 105 Å². The first-order valence-electron chi connectivity index (χ1n) is 6.07. The van der Waals surface area contributed by atoms with Gasteiger partial charge in [0.05, 0.1) is 18.1 Å². The van der Waals surface area contributed by atoms with Gasteiger partial charge in [-0.15, -0.1) is 0 Å². The van der Waals surface area contributed by atoms with E-state index in [4.69, 9.17) is 4.74 Å². The maximum absolute atomic E-state index is 10.4. The maximum Gasteiger partial charge on any atom is 0.269 e. The Balaban J connectivity index is 0.000000169. The molecular formula is C12H17N3O3. The second kappa shape index (κ2) is 6.32. The van der Waals surface area contributed by atoms with E-state index in [-0.39, 0.29) is 10.6 Å². The number of benzene rings is 1. The van der Waals surface area contributed by atoms with Crippen LogP contribution in [0.1, 0.15) is 5.56 Å². The van der Waals surface area contributed by atoms with Crippen LogP contribution in [0.5, 0.6) is 0 Å². The second-order valence-corrected chi connectivity index (χ2v) is 4.14. The Morgan fingerprint density at radius 3 is 2.56 bits per heavy atom. The minimum Gasteiger partial charge on any atom is -0.384 e. The number of nitrogens with zero attached hydrogens (tertiary/aromatic N) is 1. The Morgan fingerprint density at radius 2 is 2.00 bits per heavy atom. The molecular weight excluding hydrogens is 234 g/mol. The molecule has 0 aromatic heterocycles. The largest absolute Gasteiger partial charge is 0.384 e. The van der Waals surface area contributed by atoms with Crippen molar-refractivity contribution in [3.05, 3.63) is 33.9 Å². The van der Waals surface area contributed by atoms with Crippen molar-refractivity contribution >= 4 is 11.4 Å². The standard InChI is InChI=1S/C8H8N2O2.C4H9NO/c11-10(12)7-1-2-8-6(5-7)3-4-9-8;1-3-6-4-2-5-1/h1-2,5,9H,3-4H2;5H,1-4H2. The van der Waals surface area contributed by atoms with Crippen LogP contribution in [-0.2, 0) is 11.2 Å². The van der Waals surface area contributed by atoms with Crippen molar-refractivity contribution < 1.29 is 9.66 Å². The van der Waals surface area contributed by atoms with Crippen molar-refractivity contribution in [2.45, 2.75) is 6.42 Å². The van der Waals surface area contributed by atoms with Crippen LogP contribution in [0.15, 0.2) is 18.2 Å². The maximum atomic E-state index is 10.4. The molecule has 98 valence electrons. The molecule has 2 aliphatic heterocycles. The lowest BCUT2D eigenvalue weighted by molar-refractivity contribution is -0.384. The van der Waals surface area contributed by atoms with Gasteiger partial charge < -0.3 is 15.4 Å². The molecule has 1 saturated heterocycles. The molecule has 2 aliphatic rings. The van der Waals surface area contributed by atoms with Crippen molar-refractivity contribution in [1.29, 1.82) is 0 Å². The average molecular weight is 251 g/mol. The fraction of sp³-hybridized carbons (Fsp3) is 0.500. The predicted octanol–water partition coefficient (Wildman–Crippen LogP) is 1.17. The van der Waals surface area contributed by atoms with Gasteiger partial charge in [0.15, 0.2) is 0 Å². The molecule has 0 bridgehead atoms. The fourth-order valence-electron chi connectivity index (χ4n) is 1.92. The number of ether oxygens (including phenoxy) is 1. The van der Waals surface area contributed by atoms with Gasteiger partial charge in [-0.05, 0) is 18.1 Å². The van der Waals surface area contributed by atoms with Crippen LogP contribution in [0.4, 0.5) is 11.4 Å². The van der Waals surface area contributed by atoms with Crippen LogP contribution in [0.2, 0.25) is 0 Å². The molecule has 1 aromatic carbocycles. The summed E-state index contributed by atoms with van der Waals surface area (Å²) >= 11 is 0. The summed E-state index contributed by atoms with van der Waals surface area (Å²) in [6.07, 6.45) is 0.886. The van der Waals surface area contributed by atoms with E-state index in [0.29, 0.717) is 0 Å². The highest BCUT2D eigenvalue weighted by Crippen LogP contribution is 2.25. The molecule has 6 nitrogen and oxygen atoms in total. The molecule has 0 radical (unpaired) electrons. The Hall–Kier alpha value is -1.66. The lowest BCUT2D eigenvalue weighted by atomic mass is 10.1. The van der Waals surface area contributed by atoms with Gasteiger partial charge in [0.2, 0.25) is 0 Å². The van der Waals surface area contributed by atoms with Crippen LogP contribution in [0.3, 0.4) is 0 Å². The summed E-state index contributed by atoms with van der Waals surface area (Å²) in [6, 6.07) is 4.92. The zero-order valence-corrected chi connectivity index (χ0v) is 10.1. The summed E-state index contributed by atoms with van der Waals surface area (Å²) in [5.74, 6) is 0. The molecule has 6 heteroatoms. The number of non-ortho nitro benzene ring substituents is 1. The molecule has 18 heavy (non-hydrogen) atoms. The van der Waals surface area contributed by atoms with Crippen molar-refractivity contribution in [2.75, 3.05) is 38.2 Å². The summed E-state index contributed by atoms with van der Waals surface area (Å²) in [5.41, 5.74) is 2.25. The van der Waals surface area contributed by atoms with Gasteiger partial charge in [0.1, 0.15) is 0 Å². The Bertz CT molecular complexity index is 408. The minimum atomic E-state index is -0.362. The molecule has 0 aliphatic carbocycles. The number of morpholine rings is 1. The first kappa shape index (κ1) is 12.8. The summed E-state index contributed by atoms with van der Waals surface area (Å²) in [4.78, 5) is 10.0. The number of nitrogens with one attached hydrogen (secondary N) is 2. The van der Waals surface area contributed by atoms with Gasteiger partial charge in [0, 0.05) is 37.5 Å². The zero-order chi connectivity index (χ0) is 12.8. The van der Waals surface area contributed by atoms with E-state index in [1.165, 1.54) is 6.07 Å². The first-order valence-corrected chi connectivity index (χ1v) is 6.07. The normalized spacial score (nSPS) is 17.1. The van der Waals surface area contributed by atoms with E-state index in [9.17, 15) is 10.1 Å². The number of hydrogen-bond acceptors (Lipinski definition) is 5. The number of fused-ring (bicyclic) bond motifs is 1. The summed E-state index contributed by atoms with van der Waals surface area (Å²) in [7, 11) is 0. The zero-order valence-electron chi connectivity index (χ0n) is 10.1. The number of hydrogen-bond donors (Lipinski definition) is 2. The van der Waals surface area contributed by atoms with Crippen molar-refractivity contribution in [1.82, 2.24) is 5.32 Å². The van der Waals surface area contributed by atoms with E-state index in [1.807, 2.05) is 0 Å². The van der Waals surface area contributed by atoms with E-state index >= 15 is 0 Å². The monoisotopic (exact) mass is 251 g/mol. The average Bonchev–Trinajstić information content (AvgIpc) is 2.88. The highest BCUT2D eigenvalue weighted by molar-refractivity contribution is 5.59. The summed E-state index contributed by atoms with van der Waals surface area (Å²) in [6.45, 7) is 4.72. The first-order chi connectivity index (χ1) is 8.77. The number of anilines is 1. The lowest BCUT2D eigenvalue weighted by Crippen LogP contribution is -2.30. The van der Waals surface area contributed by atoms with E-state index in [0.717, 1.165) is 50.5 Å². The molecule has 0 saturated carbocycles. The Kier molecular flexibility index (Phi) is 4.49. The molecule has 2 N–H and O–H groups in total. The van der Waals surface area contributed by atoms with Crippen molar-refractivity contribution in [3.8, 4) is 0 Å². The third-order valence-electron chi connectivity index (χ3n) is 2.86. The Morgan fingerprint density at radius 1 is 1.22 bits per heavy atom. The van der Waals surface area contributed by atoms with E-state index < -0.39 is 0 Å². The van der Waals surface area contributed by atoms with Crippen molar-refractivity contribution in [2.24, 2.45) is 0 Å². The highest BCUT2D eigenvalue weighted by Gasteiger charge is 2.13. The van der Waals surface area contributed by atoms with Gasteiger partial charge in [-0.3, -0.25) is 10.1 Å². The molecule has 1 aromatic rings. The van der Waals surface area contributed by atoms with Gasteiger partial charge in [0.25, 0.3) is 5.69 Å². The molecule has 3 rings (SSSR count). The molecule has 1 fully saturated rings. The summed E-state index contributed by atoms with van der Waals surface area (Å²) < 4.78 is 5.01. The van der Waals surface area contributed by atoms with Crippen LogP contribution in [0.25, 0.3) is 0 Å². The van der Waals surface area contributed by atoms with E-state index in [2.05, 4.69) is 10.6 Å². The molecule has 0 atom stereocenters. The topological polar surface area (TPSA) is 76.4 Å². The lowest BCUT2D eigenvalue weighted by Gasteiger charge is -2.10. The summed E-state index contributed by atoms with van der Waals surface area (Å²) in [5, 5.41) is 16.7. The highest BCUT2D eigenvalue weighted by atomic mass is 16.6. The van der Waals surface area contributed by atoms with Crippen LogP contribution in [-0.4, -0.2) is 37.8 Å². The number of nitro benzene ring substituents is 1. The second-order valence-electron chi connectivity index (χ2n) is 4.14. The number of nitro groups is 1. The van der Waals surface area contributed by atoms with Gasteiger partial charge >= 0.3 is 0 Å². The smallest absolute Gasteiger partial charge is 0.269 e. The van der Waals surface area contributed by atoms with Crippen LogP contribution >= 0.6 is 0 Å².